The molecule has 0 spiro atoms. The zero-order valence-corrected chi connectivity index (χ0v) is 9.57. The first kappa shape index (κ1) is 11.5. The lowest BCUT2D eigenvalue weighted by Crippen LogP contribution is -2.54. The molecule has 2 aliphatic heterocycles. The Bertz CT molecular complexity index is 271. The number of rotatable bonds is 2. The molecule has 0 aromatic heterocycles. The third-order valence-corrected chi connectivity index (χ3v) is 3.46. The van der Waals surface area contributed by atoms with Crippen LogP contribution >= 0.6 is 0 Å². The van der Waals surface area contributed by atoms with E-state index in [0.717, 1.165) is 25.9 Å². The first-order chi connectivity index (χ1) is 7.70. The monoisotopic (exact) mass is 226 g/mol. The average Bonchev–Trinajstić information content (AvgIpc) is 2.30. The number of hydrogen-bond acceptors (Lipinski definition) is 4. The van der Waals surface area contributed by atoms with Crippen LogP contribution in [0.3, 0.4) is 0 Å². The maximum atomic E-state index is 11.7. The quantitative estimate of drug-likeness (QED) is 0.660. The Labute approximate surface area is 95.1 Å². The molecule has 2 amide bonds. The third kappa shape index (κ3) is 2.25. The summed E-state index contributed by atoms with van der Waals surface area (Å²) in [6.07, 6.45) is 2.05. The van der Waals surface area contributed by atoms with Crippen LogP contribution < -0.4 is 5.32 Å². The minimum absolute atomic E-state index is 0.00556. The van der Waals surface area contributed by atoms with Gasteiger partial charge in [-0.15, -0.1) is 0 Å². The van der Waals surface area contributed by atoms with E-state index in [-0.39, 0.29) is 31.1 Å². The number of morpholine rings is 1. The molecule has 0 aliphatic carbocycles. The summed E-state index contributed by atoms with van der Waals surface area (Å²) in [5.74, 6) is 0.0387. The second-order valence-electron chi connectivity index (χ2n) is 4.48. The molecule has 2 saturated heterocycles. The molecule has 5 nitrogen and oxygen atoms in total. The Morgan fingerprint density at radius 1 is 1.25 bits per heavy atom. The Morgan fingerprint density at radius 2 is 1.81 bits per heavy atom. The highest BCUT2D eigenvalue weighted by atomic mass is 16.5. The summed E-state index contributed by atoms with van der Waals surface area (Å²) in [6.45, 7) is 4.00. The van der Waals surface area contributed by atoms with Crippen LogP contribution in [0.2, 0.25) is 0 Å². The van der Waals surface area contributed by atoms with Crippen molar-refractivity contribution >= 4 is 11.8 Å². The van der Waals surface area contributed by atoms with E-state index >= 15 is 0 Å². The van der Waals surface area contributed by atoms with Crippen molar-refractivity contribution in [2.75, 3.05) is 26.3 Å². The topological polar surface area (TPSA) is 58.6 Å². The SMILES string of the molecule is CC(C1CCNCC1)N1C(=O)COCC1=O. The normalized spacial score (nSPS) is 25.9. The molecule has 2 rings (SSSR count). The van der Waals surface area contributed by atoms with Gasteiger partial charge < -0.3 is 10.1 Å². The molecule has 0 aromatic carbocycles. The van der Waals surface area contributed by atoms with Crippen LogP contribution in [0.4, 0.5) is 0 Å². The number of hydrogen-bond donors (Lipinski definition) is 1. The number of imide groups is 1. The number of nitrogens with one attached hydrogen (secondary N) is 1. The second kappa shape index (κ2) is 4.93. The van der Waals surface area contributed by atoms with Crippen molar-refractivity contribution in [1.82, 2.24) is 10.2 Å². The first-order valence-electron chi connectivity index (χ1n) is 5.83. The van der Waals surface area contributed by atoms with Gasteiger partial charge in [-0.1, -0.05) is 0 Å². The highest BCUT2D eigenvalue weighted by Crippen LogP contribution is 2.22. The third-order valence-electron chi connectivity index (χ3n) is 3.46. The molecule has 1 N–H and O–H groups in total. The fourth-order valence-corrected chi connectivity index (χ4v) is 2.50. The van der Waals surface area contributed by atoms with Crippen LogP contribution in [-0.2, 0) is 14.3 Å². The average molecular weight is 226 g/mol. The van der Waals surface area contributed by atoms with Crippen molar-refractivity contribution in [3.63, 3.8) is 0 Å². The number of carbonyl (C=O) groups is 2. The van der Waals surface area contributed by atoms with Gasteiger partial charge in [0.05, 0.1) is 0 Å². The standard InChI is InChI=1S/C11H18N2O3/c1-8(9-2-4-12-5-3-9)13-10(14)6-16-7-11(13)15/h8-9,12H,2-7H2,1H3. The minimum Gasteiger partial charge on any atom is -0.362 e. The van der Waals surface area contributed by atoms with Crippen molar-refractivity contribution in [2.24, 2.45) is 5.92 Å². The van der Waals surface area contributed by atoms with Crippen LogP contribution in [0.1, 0.15) is 19.8 Å². The predicted octanol–water partition coefficient (Wildman–Crippen LogP) is -0.240. The van der Waals surface area contributed by atoms with E-state index in [4.69, 9.17) is 4.74 Å². The molecule has 2 aliphatic rings. The summed E-state index contributed by atoms with van der Waals surface area (Å²) in [5.41, 5.74) is 0. The second-order valence-corrected chi connectivity index (χ2v) is 4.48. The Hall–Kier alpha value is -0.940. The van der Waals surface area contributed by atoms with Crippen LogP contribution in [0.15, 0.2) is 0 Å². The maximum Gasteiger partial charge on any atom is 0.255 e. The van der Waals surface area contributed by atoms with Crippen molar-refractivity contribution in [3.8, 4) is 0 Å². The summed E-state index contributed by atoms with van der Waals surface area (Å²) in [6, 6.07) is 0.00556. The Kier molecular flexibility index (Phi) is 3.56. The fourth-order valence-electron chi connectivity index (χ4n) is 2.50. The molecule has 0 bridgehead atoms. The van der Waals surface area contributed by atoms with Gasteiger partial charge in [0.2, 0.25) is 0 Å². The predicted molar refractivity (Wildman–Crippen MR) is 57.7 cm³/mol. The zero-order valence-electron chi connectivity index (χ0n) is 9.57. The van der Waals surface area contributed by atoms with Gasteiger partial charge >= 0.3 is 0 Å². The zero-order chi connectivity index (χ0) is 11.5. The van der Waals surface area contributed by atoms with Gasteiger partial charge in [-0.25, -0.2) is 0 Å². The van der Waals surface area contributed by atoms with Gasteiger partial charge in [0.15, 0.2) is 0 Å². The van der Waals surface area contributed by atoms with Gasteiger partial charge in [0, 0.05) is 6.04 Å². The molecule has 2 heterocycles. The first-order valence-corrected chi connectivity index (χ1v) is 5.83. The number of piperidine rings is 1. The highest BCUT2D eigenvalue weighted by Gasteiger charge is 2.35. The minimum atomic E-state index is -0.192. The van der Waals surface area contributed by atoms with Gasteiger partial charge in [0.1, 0.15) is 13.2 Å². The molecular formula is C11H18N2O3. The van der Waals surface area contributed by atoms with Crippen molar-refractivity contribution < 1.29 is 14.3 Å². The van der Waals surface area contributed by atoms with Gasteiger partial charge in [0.25, 0.3) is 11.8 Å². The van der Waals surface area contributed by atoms with Gasteiger partial charge in [-0.2, -0.15) is 0 Å². The fraction of sp³-hybridized carbons (Fsp3) is 0.818. The molecule has 90 valence electrons. The number of nitrogens with zero attached hydrogens (tertiary/aromatic N) is 1. The lowest BCUT2D eigenvalue weighted by atomic mass is 9.90. The van der Waals surface area contributed by atoms with Crippen LogP contribution in [0.5, 0.6) is 0 Å². The van der Waals surface area contributed by atoms with Crippen LogP contribution in [0.25, 0.3) is 0 Å². The van der Waals surface area contributed by atoms with Crippen molar-refractivity contribution in [3.05, 3.63) is 0 Å². The highest BCUT2D eigenvalue weighted by molar-refractivity contribution is 5.98. The Balaban J connectivity index is 2.03. The molecule has 0 saturated carbocycles. The molecular weight excluding hydrogens is 208 g/mol. The van der Waals surface area contributed by atoms with Gasteiger partial charge in [-0.3, -0.25) is 14.5 Å². The summed E-state index contributed by atoms with van der Waals surface area (Å²) in [5, 5.41) is 3.28. The molecule has 1 atom stereocenters. The van der Waals surface area contributed by atoms with E-state index in [1.165, 1.54) is 4.90 Å². The summed E-state index contributed by atoms with van der Waals surface area (Å²) < 4.78 is 4.91. The van der Waals surface area contributed by atoms with Gasteiger partial charge in [-0.05, 0) is 38.8 Å². The van der Waals surface area contributed by atoms with Crippen LogP contribution in [-0.4, -0.2) is 49.1 Å². The van der Waals surface area contributed by atoms with E-state index in [2.05, 4.69) is 5.32 Å². The summed E-state index contributed by atoms with van der Waals surface area (Å²) >= 11 is 0. The van der Waals surface area contributed by atoms with Crippen molar-refractivity contribution in [2.45, 2.75) is 25.8 Å². The van der Waals surface area contributed by atoms with E-state index in [9.17, 15) is 9.59 Å². The number of ether oxygens (including phenoxy) is 1. The summed E-state index contributed by atoms with van der Waals surface area (Å²) in [4.78, 5) is 24.7. The van der Waals surface area contributed by atoms with Crippen LogP contribution in [0, 0.1) is 5.92 Å². The lowest BCUT2D eigenvalue weighted by Gasteiger charge is -2.37. The molecule has 0 radical (unpaired) electrons. The van der Waals surface area contributed by atoms with E-state index in [0.29, 0.717) is 5.92 Å². The Morgan fingerprint density at radius 3 is 2.38 bits per heavy atom. The molecule has 0 aromatic rings. The van der Waals surface area contributed by atoms with E-state index < -0.39 is 0 Å². The smallest absolute Gasteiger partial charge is 0.255 e. The van der Waals surface area contributed by atoms with Crippen molar-refractivity contribution in [1.29, 1.82) is 0 Å². The lowest BCUT2D eigenvalue weighted by molar-refractivity contribution is -0.162. The molecule has 16 heavy (non-hydrogen) atoms. The van der Waals surface area contributed by atoms with E-state index in [1.807, 2.05) is 6.92 Å². The molecule has 5 heteroatoms. The molecule has 2 fully saturated rings. The maximum absolute atomic E-state index is 11.7. The largest absolute Gasteiger partial charge is 0.362 e. The molecule has 1 unspecified atom stereocenters. The van der Waals surface area contributed by atoms with E-state index in [1.54, 1.807) is 0 Å². The number of carbonyl (C=O) groups excluding carboxylic acids is 2. The summed E-state index contributed by atoms with van der Waals surface area (Å²) in [7, 11) is 0. The number of amides is 2.